The van der Waals surface area contributed by atoms with Gasteiger partial charge < -0.3 is 5.32 Å². The Hall–Kier alpha value is -1.57. The molecule has 0 spiro atoms. The standard InChI is InChI=1S/C13H10Cl2FN3/c1-2-3-18-13-7(5-17)6-19-9-4-8(14)12(16)11(15)10(9)13/h4,6H,2-3H2,1H3,(H,18,19). The van der Waals surface area contributed by atoms with Crippen LogP contribution in [0.15, 0.2) is 12.3 Å². The van der Waals surface area contributed by atoms with Gasteiger partial charge in [-0.15, -0.1) is 0 Å². The fourth-order valence-corrected chi connectivity index (χ4v) is 2.31. The van der Waals surface area contributed by atoms with Crippen molar-refractivity contribution in [1.29, 1.82) is 5.26 Å². The van der Waals surface area contributed by atoms with E-state index in [1.807, 2.05) is 13.0 Å². The number of nitrogens with one attached hydrogen (secondary N) is 1. The number of hydrogen-bond acceptors (Lipinski definition) is 3. The van der Waals surface area contributed by atoms with Crippen molar-refractivity contribution >= 4 is 39.8 Å². The molecule has 0 unspecified atom stereocenters. The Kier molecular flexibility index (Phi) is 4.08. The van der Waals surface area contributed by atoms with Gasteiger partial charge in [-0.3, -0.25) is 4.98 Å². The lowest BCUT2D eigenvalue weighted by Crippen LogP contribution is -2.04. The number of aromatic nitrogens is 1. The van der Waals surface area contributed by atoms with Gasteiger partial charge in [0.1, 0.15) is 6.07 Å². The predicted molar refractivity (Wildman–Crippen MR) is 75.2 cm³/mol. The molecule has 3 nitrogen and oxygen atoms in total. The topological polar surface area (TPSA) is 48.7 Å². The molecule has 0 radical (unpaired) electrons. The van der Waals surface area contributed by atoms with Crippen LogP contribution >= 0.6 is 23.2 Å². The summed E-state index contributed by atoms with van der Waals surface area (Å²) in [5.41, 5.74) is 1.27. The van der Waals surface area contributed by atoms with Gasteiger partial charge in [0.2, 0.25) is 0 Å². The Morgan fingerprint density at radius 2 is 2.21 bits per heavy atom. The number of nitrogens with zero attached hydrogens (tertiary/aromatic N) is 2. The summed E-state index contributed by atoms with van der Waals surface area (Å²) in [5, 5.41) is 12.4. The number of anilines is 1. The monoisotopic (exact) mass is 297 g/mol. The van der Waals surface area contributed by atoms with Crippen LogP contribution in [0, 0.1) is 17.1 Å². The van der Waals surface area contributed by atoms with Crippen LogP contribution < -0.4 is 5.32 Å². The highest BCUT2D eigenvalue weighted by molar-refractivity contribution is 6.39. The van der Waals surface area contributed by atoms with Crippen LogP contribution in [0.3, 0.4) is 0 Å². The number of fused-ring (bicyclic) bond motifs is 1. The molecule has 0 amide bonds. The lowest BCUT2D eigenvalue weighted by molar-refractivity contribution is 0.630. The third-order valence-electron chi connectivity index (χ3n) is 2.67. The van der Waals surface area contributed by atoms with Crippen LogP contribution in [-0.2, 0) is 0 Å². The zero-order chi connectivity index (χ0) is 14.0. The third-order valence-corrected chi connectivity index (χ3v) is 3.30. The van der Waals surface area contributed by atoms with Gasteiger partial charge in [-0.05, 0) is 12.5 Å². The van der Waals surface area contributed by atoms with Gasteiger partial charge in [0.15, 0.2) is 5.82 Å². The number of nitriles is 1. The first-order chi connectivity index (χ1) is 9.10. The second-order valence-corrected chi connectivity index (χ2v) is 4.75. The smallest absolute Gasteiger partial charge is 0.161 e. The molecule has 1 N–H and O–H groups in total. The fourth-order valence-electron chi connectivity index (χ4n) is 1.77. The molecular formula is C13H10Cl2FN3. The molecule has 6 heteroatoms. The van der Waals surface area contributed by atoms with Gasteiger partial charge in [0, 0.05) is 18.1 Å². The van der Waals surface area contributed by atoms with Crippen LogP contribution in [0.4, 0.5) is 10.1 Å². The molecule has 19 heavy (non-hydrogen) atoms. The average molecular weight is 298 g/mol. The Bertz CT molecular complexity index is 680. The van der Waals surface area contributed by atoms with Gasteiger partial charge in [-0.25, -0.2) is 4.39 Å². The van der Waals surface area contributed by atoms with Gasteiger partial charge in [-0.1, -0.05) is 30.1 Å². The molecule has 0 fully saturated rings. The molecular weight excluding hydrogens is 288 g/mol. The molecule has 1 aromatic carbocycles. The molecule has 2 aromatic rings. The Balaban J connectivity index is 2.80. The van der Waals surface area contributed by atoms with Gasteiger partial charge in [-0.2, -0.15) is 5.26 Å². The lowest BCUT2D eigenvalue weighted by Gasteiger charge is -2.12. The van der Waals surface area contributed by atoms with Crippen molar-refractivity contribution in [1.82, 2.24) is 4.98 Å². The first-order valence-electron chi connectivity index (χ1n) is 5.70. The molecule has 2 rings (SSSR count). The minimum atomic E-state index is -0.702. The minimum Gasteiger partial charge on any atom is -0.383 e. The summed E-state index contributed by atoms with van der Waals surface area (Å²) < 4.78 is 13.8. The van der Waals surface area contributed by atoms with E-state index in [4.69, 9.17) is 28.5 Å². The van der Waals surface area contributed by atoms with Gasteiger partial charge >= 0.3 is 0 Å². The van der Waals surface area contributed by atoms with Crippen molar-refractivity contribution in [2.24, 2.45) is 0 Å². The van der Waals surface area contributed by atoms with Crippen LogP contribution in [0.2, 0.25) is 10.0 Å². The predicted octanol–water partition coefficient (Wildman–Crippen LogP) is 4.37. The summed E-state index contributed by atoms with van der Waals surface area (Å²) in [6.45, 7) is 2.63. The summed E-state index contributed by atoms with van der Waals surface area (Å²) in [5.74, 6) is -0.702. The lowest BCUT2D eigenvalue weighted by atomic mass is 10.1. The molecule has 0 saturated carbocycles. The molecule has 0 atom stereocenters. The minimum absolute atomic E-state index is 0.0869. The summed E-state index contributed by atoms with van der Waals surface area (Å²) in [6, 6.07) is 3.42. The number of rotatable bonds is 3. The maximum atomic E-state index is 13.8. The summed E-state index contributed by atoms with van der Waals surface area (Å²) >= 11 is 11.7. The number of pyridine rings is 1. The van der Waals surface area contributed by atoms with E-state index >= 15 is 0 Å². The van der Waals surface area contributed by atoms with E-state index in [1.54, 1.807) is 0 Å². The first-order valence-corrected chi connectivity index (χ1v) is 6.45. The Morgan fingerprint density at radius 3 is 2.84 bits per heavy atom. The second-order valence-electron chi connectivity index (χ2n) is 3.97. The highest BCUT2D eigenvalue weighted by atomic mass is 35.5. The van der Waals surface area contributed by atoms with E-state index in [0.717, 1.165) is 6.42 Å². The zero-order valence-electron chi connectivity index (χ0n) is 10.1. The molecule has 98 valence electrons. The Morgan fingerprint density at radius 1 is 1.47 bits per heavy atom. The second kappa shape index (κ2) is 5.60. The van der Waals surface area contributed by atoms with Gasteiger partial charge in [0.25, 0.3) is 0 Å². The quantitative estimate of drug-likeness (QED) is 0.856. The highest BCUT2D eigenvalue weighted by Gasteiger charge is 2.17. The molecule has 0 saturated heterocycles. The van der Waals surface area contributed by atoms with E-state index < -0.39 is 5.82 Å². The summed E-state index contributed by atoms with van der Waals surface area (Å²) in [6.07, 6.45) is 2.28. The number of benzene rings is 1. The molecule has 1 heterocycles. The van der Waals surface area contributed by atoms with Crippen molar-refractivity contribution < 1.29 is 4.39 Å². The molecule has 0 bridgehead atoms. The Labute approximate surface area is 120 Å². The number of hydrogen-bond donors (Lipinski definition) is 1. The SMILES string of the molecule is CCCNc1c(C#N)cnc2cc(Cl)c(F)c(Cl)c12. The summed E-state index contributed by atoms with van der Waals surface area (Å²) in [4.78, 5) is 4.09. The van der Waals surface area contributed by atoms with Crippen LogP contribution in [-0.4, -0.2) is 11.5 Å². The fraction of sp³-hybridized carbons (Fsp3) is 0.231. The van der Waals surface area contributed by atoms with Gasteiger partial charge in [0.05, 0.1) is 26.8 Å². The summed E-state index contributed by atoms with van der Waals surface area (Å²) in [7, 11) is 0. The van der Waals surface area contributed by atoms with Crippen molar-refractivity contribution in [2.45, 2.75) is 13.3 Å². The van der Waals surface area contributed by atoms with Crippen molar-refractivity contribution in [3.63, 3.8) is 0 Å². The zero-order valence-corrected chi connectivity index (χ0v) is 11.6. The van der Waals surface area contributed by atoms with Crippen molar-refractivity contribution in [2.75, 3.05) is 11.9 Å². The largest absolute Gasteiger partial charge is 0.383 e. The first kappa shape index (κ1) is 13.9. The van der Waals surface area contributed by atoms with Crippen LogP contribution in [0.1, 0.15) is 18.9 Å². The molecule has 0 aliphatic heterocycles. The molecule has 0 aliphatic carbocycles. The van der Waals surface area contributed by atoms with E-state index in [0.29, 0.717) is 28.7 Å². The third kappa shape index (κ3) is 2.44. The molecule has 1 aromatic heterocycles. The highest BCUT2D eigenvalue weighted by Crippen LogP contribution is 2.36. The maximum Gasteiger partial charge on any atom is 0.161 e. The van der Waals surface area contributed by atoms with Crippen LogP contribution in [0.5, 0.6) is 0 Å². The normalized spacial score (nSPS) is 10.5. The van der Waals surface area contributed by atoms with E-state index in [-0.39, 0.29) is 10.0 Å². The maximum absolute atomic E-state index is 13.8. The van der Waals surface area contributed by atoms with E-state index in [1.165, 1.54) is 12.3 Å². The van der Waals surface area contributed by atoms with Crippen molar-refractivity contribution in [3.05, 3.63) is 33.7 Å². The average Bonchev–Trinajstić information content (AvgIpc) is 2.42. The number of halogens is 3. The van der Waals surface area contributed by atoms with Crippen LogP contribution in [0.25, 0.3) is 10.9 Å². The van der Waals surface area contributed by atoms with E-state index in [9.17, 15) is 4.39 Å². The van der Waals surface area contributed by atoms with Crippen molar-refractivity contribution in [3.8, 4) is 6.07 Å². The molecule has 0 aliphatic rings. The van der Waals surface area contributed by atoms with E-state index in [2.05, 4.69) is 10.3 Å².